The molecule has 1 N–H and O–H groups in total. The molecule has 0 amide bonds. The first-order valence-electron chi connectivity index (χ1n) is 5.10. The summed E-state index contributed by atoms with van der Waals surface area (Å²) in [5.74, 6) is 0. The van der Waals surface area contributed by atoms with Gasteiger partial charge in [-0.2, -0.15) is 0 Å². The summed E-state index contributed by atoms with van der Waals surface area (Å²) in [4.78, 5) is 9.76. The van der Waals surface area contributed by atoms with Crippen molar-refractivity contribution in [3.8, 4) is 0 Å². The number of aliphatic hydroxyl groups excluding tert-OH is 1. The molecule has 1 aliphatic rings. The molecule has 3 heteroatoms. The zero-order chi connectivity index (χ0) is 10.9. The first-order chi connectivity index (χ1) is 7.33. The SMILES string of the molecule is O=COCc1ccccc1.OC1CCC1. The van der Waals surface area contributed by atoms with Crippen molar-refractivity contribution in [3.63, 3.8) is 0 Å². The molecule has 1 aromatic rings. The summed E-state index contributed by atoms with van der Waals surface area (Å²) >= 11 is 0. The monoisotopic (exact) mass is 208 g/mol. The Morgan fingerprint density at radius 2 is 1.93 bits per heavy atom. The zero-order valence-electron chi connectivity index (χ0n) is 8.63. The molecule has 0 atom stereocenters. The molecule has 2 rings (SSSR count). The first kappa shape index (κ1) is 11.7. The molecule has 1 fully saturated rings. The van der Waals surface area contributed by atoms with E-state index in [2.05, 4.69) is 4.74 Å². The molecule has 3 nitrogen and oxygen atoms in total. The minimum Gasteiger partial charge on any atom is -0.463 e. The normalized spacial score (nSPS) is 14.5. The zero-order valence-corrected chi connectivity index (χ0v) is 8.63. The second-order valence-corrected chi connectivity index (χ2v) is 3.48. The standard InChI is InChI=1S/C8H8O2.C4H8O/c9-7-10-6-8-4-2-1-3-5-8;5-4-2-1-3-4/h1-5,7H,6H2;4-5H,1-3H2. The van der Waals surface area contributed by atoms with Gasteiger partial charge in [0.2, 0.25) is 0 Å². The van der Waals surface area contributed by atoms with E-state index in [1.165, 1.54) is 6.42 Å². The molecule has 15 heavy (non-hydrogen) atoms. The van der Waals surface area contributed by atoms with E-state index in [4.69, 9.17) is 5.11 Å². The van der Waals surface area contributed by atoms with Crippen molar-refractivity contribution >= 4 is 6.47 Å². The number of aliphatic hydroxyl groups is 1. The lowest BCUT2D eigenvalue weighted by molar-refractivity contribution is -0.129. The van der Waals surface area contributed by atoms with E-state index in [9.17, 15) is 4.79 Å². The van der Waals surface area contributed by atoms with Gasteiger partial charge in [-0.15, -0.1) is 0 Å². The Bertz CT molecular complexity index is 267. The lowest BCUT2D eigenvalue weighted by atomic mass is 9.97. The Morgan fingerprint density at radius 1 is 1.33 bits per heavy atom. The summed E-state index contributed by atoms with van der Waals surface area (Å²) in [7, 11) is 0. The number of rotatable bonds is 3. The Balaban J connectivity index is 0.000000187. The summed E-state index contributed by atoms with van der Waals surface area (Å²) in [6.45, 7) is 0.817. The molecule has 1 aromatic carbocycles. The molecule has 82 valence electrons. The summed E-state index contributed by atoms with van der Waals surface area (Å²) in [6, 6.07) is 9.55. The summed E-state index contributed by atoms with van der Waals surface area (Å²) in [5, 5.41) is 8.45. The topological polar surface area (TPSA) is 46.5 Å². The van der Waals surface area contributed by atoms with Gasteiger partial charge in [-0.05, 0) is 24.8 Å². The van der Waals surface area contributed by atoms with Crippen LogP contribution in [0.5, 0.6) is 0 Å². The Morgan fingerprint density at radius 3 is 2.33 bits per heavy atom. The average molecular weight is 208 g/mol. The van der Waals surface area contributed by atoms with Gasteiger partial charge in [0.15, 0.2) is 0 Å². The van der Waals surface area contributed by atoms with E-state index in [0.717, 1.165) is 18.4 Å². The van der Waals surface area contributed by atoms with E-state index < -0.39 is 0 Å². The summed E-state index contributed by atoms with van der Waals surface area (Å²) in [6.07, 6.45) is 3.39. The fraction of sp³-hybridized carbons (Fsp3) is 0.417. The van der Waals surface area contributed by atoms with E-state index in [1.807, 2.05) is 30.3 Å². The van der Waals surface area contributed by atoms with E-state index in [1.54, 1.807) is 0 Å². The van der Waals surface area contributed by atoms with E-state index in [0.29, 0.717) is 13.1 Å². The Kier molecular flexibility index (Phi) is 5.48. The molecule has 0 aromatic heterocycles. The van der Waals surface area contributed by atoms with Gasteiger partial charge < -0.3 is 9.84 Å². The number of carbonyl (C=O) groups excluding carboxylic acids is 1. The quantitative estimate of drug-likeness (QED) is 0.771. The fourth-order valence-electron chi connectivity index (χ4n) is 1.09. The highest BCUT2D eigenvalue weighted by molar-refractivity contribution is 5.37. The van der Waals surface area contributed by atoms with Crippen LogP contribution >= 0.6 is 0 Å². The second-order valence-electron chi connectivity index (χ2n) is 3.48. The predicted octanol–water partition coefficient (Wildman–Crippen LogP) is 1.89. The van der Waals surface area contributed by atoms with E-state index in [-0.39, 0.29) is 6.10 Å². The summed E-state index contributed by atoms with van der Waals surface area (Å²) in [5.41, 5.74) is 1.01. The summed E-state index contributed by atoms with van der Waals surface area (Å²) < 4.78 is 4.54. The van der Waals surface area contributed by atoms with Gasteiger partial charge in [-0.3, -0.25) is 4.79 Å². The van der Waals surface area contributed by atoms with Gasteiger partial charge in [0.25, 0.3) is 6.47 Å². The maximum absolute atomic E-state index is 9.76. The minimum atomic E-state index is 0.0648. The molecule has 1 saturated carbocycles. The van der Waals surface area contributed by atoms with Gasteiger partial charge in [-0.1, -0.05) is 30.3 Å². The largest absolute Gasteiger partial charge is 0.463 e. The van der Waals surface area contributed by atoms with Crippen LogP contribution in [0.2, 0.25) is 0 Å². The van der Waals surface area contributed by atoms with Crippen LogP contribution in [0.15, 0.2) is 30.3 Å². The van der Waals surface area contributed by atoms with Crippen molar-refractivity contribution in [2.24, 2.45) is 0 Å². The minimum absolute atomic E-state index is 0.0648. The van der Waals surface area contributed by atoms with Crippen LogP contribution in [0.1, 0.15) is 24.8 Å². The highest BCUT2D eigenvalue weighted by Gasteiger charge is 2.11. The van der Waals surface area contributed by atoms with Gasteiger partial charge in [-0.25, -0.2) is 0 Å². The third kappa shape index (κ3) is 5.18. The maximum atomic E-state index is 9.76. The van der Waals surface area contributed by atoms with Crippen LogP contribution in [0, 0.1) is 0 Å². The number of hydrogen-bond donors (Lipinski definition) is 1. The van der Waals surface area contributed by atoms with Gasteiger partial charge in [0.05, 0.1) is 6.10 Å². The van der Waals surface area contributed by atoms with Crippen molar-refractivity contribution < 1.29 is 14.6 Å². The van der Waals surface area contributed by atoms with Crippen molar-refractivity contribution in [2.75, 3.05) is 0 Å². The smallest absolute Gasteiger partial charge is 0.293 e. The third-order valence-electron chi connectivity index (χ3n) is 2.24. The van der Waals surface area contributed by atoms with E-state index >= 15 is 0 Å². The van der Waals surface area contributed by atoms with Crippen molar-refractivity contribution in [1.82, 2.24) is 0 Å². The van der Waals surface area contributed by atoms with Crippen LogP contribution in [0.25, 0.3) is 0 Å². The number of benzene rings is 1. The molecule has 0 saturated heterocycles. The van der Waals surface area contributed by atoms with Crippen LogP contribution < -0.4 is 0 Å². The molecule has 0 bridgehead atoms. The van der Waals surface area contributed by atoms with Crippen LogP contribution in [-0.2, 0) is 16.1 Å². The van der Waals surface area contributed by atoms with Crippen LogP contribution in [0.4, 0.5) is 0 Å². The Labute approximate surface area is 89.7 Å². The van der Waals surface area contributed by atoms with Crippen LogP contribution in [0.3, 0.4) is 0 Å². The predicted molar refractivity (Wildman–Crippen MR) is 57.2 cm³/mol. The molecular formula is C12H16O3. The number of hydrogen-bond acceptors (Lipinski definition) is 3. The lowest BCUT2D eigenvalue weighted by Crippen LogP contribution is -2.15. The maximum Gasteiger partial charge on any atom is 0.293 e. The first-order valence-corrected chi connectivity index (χ1v) is 5.10. The third-order valence-corrected chi connectivity index (χ3v) is 2.24. The lowest BCUT2D eigenvalue weighted by Gasteiger charge is -2.17. The van der Waals surface area contributed by atoms with Crippen molar-refractivity contribution in [1.29, 1.82) is 0 Å². The average Bonchev–Trinajstić information content (AvgIpc) is 2.26. The Hall–Kier alpha value is -1.35. The fourth-order valence-corrected chi connectivity index (χ4v) is 1.09. The van der Waals surface area contributed by atoms with Gasteiger partial charge >= 0.3 is 0 Å². The van der Waals surface area contributed by atoms with Crippen molar-refractivity contribution in [3.05, 3.63) is 35.9 Å². The molecule has 0 unspecified atom stereocenters. The highest BCUT2D eigenvalue weighted by Crippen LogP contribution is 2.16. The molecule has 0 radical (unpaired) electrons. The molecule has 0 aliphatic heterocycles. The van der Waals surface area contributed by atoms with Gasteiger partial charge in [0, 0.05) is 0 Å². The second kappa shape index (κ2) is 7.01. The molecule has 1 aliphatic carbocycles. The van der Waals surface area contributed by atoms with Crippen LogP contribution in [-0.4, -0.2) is 17.7 Å². The van der Waals surface area contributed by atoms with Crippen molar-refractivity contribution in [2.45, 2.75) is 32.0 Å². The number of ether oxygens (including phenoxy) is 1. The highest BCUT2D eigenvalue weighted by atomic mass is 16.5. The molecule has 0 spiro atoms. The van der Waals surface area contributed by atoms with Gasteiger partial charge in [0.1, 0.15) is 6.61 Å². The molecule has 0 heterocycles. The molecular weight excluding hydrogens is 192 g/mol. The number of carbonyl (C=O) groups is 1.